The molecule has 0 aromatic rings. The van der Waals surface area contributed by atoms with Gasteiger partial charge in [-0.15, -0.1) is 0 Å². The van der Waals surface area contributed by atoms with Crippen LogP contribution in [0.2, 0.25) is 0 Å². The third-order valence-electron chi connectivity index (χ3n) is 0.568. The molecule has 0 aliphatic heterocycles. The van der Waals surface area contributed by atoms with Crippen molar-refractivity contribution in [1.29, 1.82) is 0 Å². The molecule has 0 heterocycles. The summed E-state index contributed by atoms with van der Waals surface area (Å²) in [4.78, 5) is 0. The van der Waals surface area contributed by atoms with Crippen molar-refractivity contribution in [2.24, 2.45) is 5.73 Å². The fourth-order valence-electron chi connectivity index (χ4n) is 0.220. The SMILES string of the molecule is CC(C)(C)N.CC(C)[O][Ti][O]C(C)C. The second-order valence-electron chi connectivity index (χ2n) is 4.78. The van der Waals surface area contributed by atoms with E-state index >= 15 is 0 Å². The Morgan fingerprint density at radius 1 is 0.929 bits per heavy atom. The van der Waals surface area contributed by atoms with Crippen LogP contribution in [-0.4, -0.2) is 17.7 Å². The van der Waals surface area contributed by atoms with Gasteiger partial charge < -0.3 is 5.73 Å². The predicted octanol–water partition coefficient (Wildman–Crippen LogP) is 2.49. The van der Waals surface area contributed by atoms with Crippen molar-refractivity contribution >= 4 is 0 Å². The molecule has 3 nitrogen and oxygen atoms in total. The van der Waals surface area contributed by atoms with Gasteiger partial charge in [-0.3, -0.25) is 0 Å². The molecular weight excluding hydrogens is 214 g/mol. The molecule has 2 N–H and O–H groups in total. The van der Waals surface area contributed by atoms with Crippen molar-refractivity contribution in [3.05, 3.63) is 0 Å². The van der Waals surface area contributed by atoms with Crippen LogP contribution in [0.1, 0.15) is 48.5 Å². The quantitative estimate of drug-likeness (QED) is 0.766. The van der Waals surface area contributed by atoms with E-state index in [1.165, 1.54) is 0 Å². The maximum atomic E-state index is 5.35. The van der Waals surface area contributed by atoms with Crippen LogP contribution in [0, 0.1) is 0 Å². The predicted molar refractivity (Wildman–Crippen MR) is 56.4 cm³/mol. The summed E-state index contributed by atoms with van der Waals surface area (Å²) in [5.74, 6) is 0. The van der Waals surface area contributed by atoms with E-state index in [4.69, 9.17) is 12.4 Å². The van der Waals surface area contributed by atoms with E-state index in [-0.39, 0.29) is 5.54 Å². The van der Waals surface area contributed by atoms with Crippen LogP contribution >= 0.6 is 0 Å². The Kier molecular flexibility index (Phi) is 10.8. The van der Waals surface area contributed by atoms with E-state index in [2.05, 4.69) is 0 Å². The normalized spacial score (nSPS) is 11.3. The first kappa shape index (κ1) is 17.0. The molecule has 0 spiro atoms. The summed E-state index contributed by atoms with van der Waals surface area (Å²) in [6.45, 7) is 14.0. The first-order valence-corrected chi connectivity index (χ1v) is 6.25. The van der Waals surface area contributed by atoms with Gasteiger partial charge >= 0.3 is 66.5 Å². The third-order valence-corrected chi connectivity index (χ3v) is 2.34. The molecule has 0 rings (SSSR count). The number of rotatable bonds is 4. The third kappa shape index (κ3) is 38.9. The second-order valence-corrected chi connectivity index (χ2v) is 5.78. The zero-order valence-electron chi connectivity index (χ0n) is 10.5. The van der Waals surface area contributed by atoms with Crippen LogP contribution < -0.4 is 5.73 Å². The molecule has 14 heavy (non-hydrogen) atoms. The van der Waals surface area contributed by atoms with E-state index < -0.39 is 19.9 Å². The molecule has 0 aliphatic carbocycles. The fourth-order valence-corrected chi connectivity index (χ4v) is 0.908. The minimum absolute atomic E-state index is 0. The minimum atomic E-state index is -0.574. The molecule has 0 aromatic heterocycles. The number of hydrogen-bond donors (Lipinski definition) is 1. The zero-order chi connectivity index (χ0) is 11.8. The van der Waals surface area contributed by atoms with Crippen LogP contribution in [0.25, 0.3) is 0 Å². The topological polar surface area (TPSA) is 44.5 Å². The van der Waals surface area contributed by atoms with Gasteiger partial charge in [-0.05, 0) is 20.8 Å². The van der Waals surface area contributed by atoms with E-state index in [1.807, 2.05) is 48.5 Å². The van der Waals surface area contributed by atoms with Crippen LogP contribution in [0.3, 0.4) is 0 Å². The van der Waals surface area contributed by atoms with Gasteiger partial charge in [-0.1, -0.05) is 0 Å². The first-order valence-electron chi connectivity index (χ1n) is 4.98. The molecule has 4 heteroatoms. The van der Waals surface area contributed by atoms with Crippen molar-refractivity contribution in [1.82, 2.24) is 0 Å². The van der Waals surface area contributed by atoms with Gasteiger partial charge in [0.15, 0.2) is 0 Å². The van der Waals surface area contributed by atoms with Gasteiger partial charge in [0.25, 0.3) is 0 Å². The fraction of sp³-hybridized carbons (Fsp3) is 1.00. The Balaban J connectivity index is 0. The zero-order valence-corrected chi connectivity index (χ0v) is 12.1. The van der Waals surface area contributed by atoms with Gasteiger partial charge in [0.2, 0.25) is 0 Å². The summed E-state index contributed by atoms with van der Waals surface area (Å²) < 4.78 is 10.5. The Bertz CT molecular complexity index is 108. The summed E-state index contributed by atoms with van der Waals surface area (Å²) in [6.07, 6.45) is 0.646. The molecular formula is C10H25NO2Ti. The van der Waals surface area contributed by atoms with Gasteiger partial charge in [0.05, 0.1) is 0 Å². The van der Waals surface area contributed by atoms with Crippen molar-refractivity contribution in [3.63, 3.8) is 0 Å². The summed E-state index contributed by atoms with van der Waals surface area (Å²) in [5.41, 5.74) is 5.35. The van der Waals surface area contributed by atoms with Crippen molar-refractivity contribution in [2.45, 2.75) is 66.2 Å². The summed E-state index contributed by atoms with van der Waals surface area (Å²) in [6, 6.07) is 0. The molecule has 0 fully saturated rings. The first-order chi connectivity index (χ1) is 6.13. The van der Waals surface area contributed by atoms with E-state index in [0.717, 1.165) is 0 Å². The summed E-state index contributed by atoms with van der Waals surface area (Å²) >= 11 is -0.574. The van der Waals surface area contributed by atoms with Gasteiger partial charge in [0, 0.05) is 5.54 Å². The molecule has 0 saturated carbocycles. The molecule has 0 saturated heterocycles. The number of nitrogens with two attached hydrogens (primary N) is 1. The number of hydrogen-bond acceptors (Lipinski definition) is 3. The van der Waals surface area contributed by atoms with Crippen LogP contribution in [0.15, 0.2) is 0 Å². The monoisotopic (exact) mass is 239 g/mol. The summed E-state index contributed by atoms with van der Waals surface area (Å²) in [7, 11) is 0. The van der Waals surface area contributed by atoms with Crippen LogP contribution in [0.5, 0.6) is 0 Å². The Morgan fingerprint density at radius 3 is 1.29 bits per heavy atom. The van der Waals surface area contributed by atoms with Crippen molar-refractivity contribution in [3.8, 4) is 0 Å². The van der Waals surface area contributed by atoms with Crippen molar-refractivity contribution in [2.75, 3.05) is 0 Å². The van der Waals surface area contributed by atoms with Crippen molar-refractivity contribution < 1.29 is 26.6 Å². The summed E-state index contributed by atoms with van der Waals surface area (Å²) in [5, 5.41) is 0. The Labute approximate surface area is 98.6 Å². The Hall–Kier alpha value is 0.594. The maximum absolute atomic E-state index is 5.35. The van der Waals surface area contributed by atoms with Gasteiger partial charge in [-0.2, -0.15) is 0 Å². The second kappa shape index (κ2) is 8.87. The van der Waals surface area contributed by atoms with Crippen LogP contribution in [-0.2, 0) is 26.6 Å². The average molecular weight is 239 g/mol. The van der Waals surface area contributed by atoms with Gasteiger partial charge in [-0.25, -0.2) is 0 Å². The van der Waals surface area contributed by atoms with Gasteiger partial charge in [0.1, 0.15) is 0 Å². The molecule has 0 unspecified atom stereocenters. The molecule has 0 amide bonds. The van der Waals surface area contributed by atoms with Crippen LogP contribution in [0.4, 0.5) is 0 Å². The standard InChI is InChI=1S/C4H11N.2C3H7O.Ti/c1-4(2,3)5;2*1-3(2)4;/h5H2,1-3H3;2*3H,1-2H3;/q;2*-1;+2. The molecule has 86 valence electrons. The average Bonchev–Trinajstić information content (AvgIpc) is 1.80. The molecule has 0 atom stereocenters. The van der Waals surface area contributed by atoms with E-state index in [0.29, 0.717) is 12.2 Å². The molecule has 0 aromatic carbocycles. The van der Waals surface area contributed by atoms with E-state index in [1.54, 1.807) is 0 Å². The Morgan fingerprint density at radius 2 is 1.14 bits per heavy atom. The molecule has 0 aliphatic rings. The molecule has 0 radical (unpaired) electrons. The molecule has 0 bridgehead atoms. The van der Waals surface area contributed by atoms with E-state index in [9.17, 15) is 0 Å².